The molecule has 13 heavy (non-hydrogen) atoms. The van der Waals surface area contributed by atoms with Gasteiger partial charge in [0.25, 0.3) is 6.43 Å². The van der Waals surface area contributed by atoms with E-state index in [2.05, 4.69) is 4.98 Å². The summed E-state index contributed by atoms with van der Waals surface area (Å²) in [6.45, 7) is 0. The van der Waals surface area contributed by atoms with Gasteiger partial charge >= 0.3 is 0 Å². The van der Waals surface area contributed by atoms with Crippen LogP contribution in [0, 0.1) is 3.57 Å². The standard InChI is InChI=1S/C7H6ClF2IN2/c8-1-3-4(6(9)10)2-13-7(12)5(3)11/h2,6H,1H2,(H2,12,13). The Kier molecular flexibility index (Phi) is 3.66. The van der Waals surface area contributed by atoms with Gasteiger partial charge in [0.05, 0.1) is 3.57 Å². The molecule has 0 aliphatic carbocycles. The molecule has 0 spiro atoms. The van der Waals surface area contributed by atoms with Crippen molar-refractivity contribution < 1.29 is 8.78 Å². The second-order valence-corrected chi connectivity index (χ2v) is 3.67. The quantitative estimate of drug-likeness (QED) is 0.672. The van der Waals surface area contributed by atoms with Crippen molar-refractivity contribution in [2.75, 3.05) is 5.73 Å². The molecule has 1 aromatic rings. The van der Waals surface area contributed by atoms with E-state index >= 15 is 0 Å². The minimum Gasteiger partial charge on any atom is -0.383 e. The van der Waals surface area contributed by atoms with E-state index in [-0.39, 0.29) is 17.3 Å². The summed E-state index contributed by atoms with van der Waals surface area (Å²) in [5.41, 5.74) is 5.66. The zero-order valence-corrected chi connectivity index (χ0v) is 9.31. The van der Waals surface area contributed by atoms with Crippen molar-refractivity contribution in [2.45, 2.75) is 12.3 Å². The molecule has 0 aromatic carbocycles. The molecule has 0 amide bonds. The second kappa shape index (κ2) is 4.36. The zero-order valence-electron chi connectivity index (χ0n) is 6.40. The highest BCUT2D eigenvalue weighted by molar-refractivity contribution is 14.1. The molecule has 1 heterocycles. The maximum absolute atomic E-state index is 12.4. The van der Waals surface area contributed by atoms with Gasteiger partial charge in [0.2, 0.25) is 0 Å². The van der Waals surface area contributed by atoms with Crippen LogP contribution < -0.4 is 5.73 Å². The van der Waals surface area contributed by atoms with Crippen molar-refractivity contribution in [2.24, 2.45) is 0 Å². The average Bonchev–Trinajstić information content (AvgIpc) is 2.09. The Morgan fingerprint density at radius 2 is 2.23 bits per heavy atom. The van der Waals surface area contributed by atoms with Crippen molar-refractivity contribution in [3.05, 3.63) is 20.9 Å². The molecule has 2 N–H and O–H groups in total. The molecule has 0 fully saturated rings. The Balaban J connectivity index is 3.30. The van der Waals surface area contributed by atoms with E-state index < -0.39 is 6.43 Å². The summed E-state index contributed by atoms with van der Waals surface area (Å²) in [5.74, 6) is 0.255. The lowest BCUT2D eigenvalue weighted by molar-refractivity contribution is 0.150. The van der Waals surface area contributed by atoms with Crippen molar-refractivity contribution in [3.8, 4) is 0 Å². The number of anilines is 1. The summed E-state index contributed by atoms with van der Waals surface area (Å²) in [4.78, 5) is 3.64. The Bertz CT molecular complexity index is 320. The number of aromatic nitrogens is 1. The first-order chi connectivity index (χ1) is 6.07. The highest BCUT2D eigenvalue weighted by atomic mass is 127. The van der Waals surface area contributed by atoms with E-state index in [4.69, 9.17) is 17.3 Å². The van der Waals surface area contributed by atoms with Crippen LogP contribution in [0.1, 0.15) is 17.6 Å². The van der Waals surface area contributed by atoms with Crippen LogP contribution in [0.4, 0.5) is 14.6 Å². The zero-order chi connectivity index (χ0) is 10.0. The number of hydrogen-bond donors (Lipinski definition) is 1. The minimum atomic E-state index is -2.56. The topological polar surface area (TPSA) is 38.9 Å². The lowest BCUT2D eigenvalue weighted by Gasteiger charge is -2.09. The lowest BCUT2D eigenvalue weighted by Crippen LogP contribution is -2.02. The molecule has 0 unspecified atom stereocenters. The highest BCUT2D eigenvalue weighted by Gasteiger charge is 2.16. The van der Waals surface area contributed by atoms with E-state index in [1.54, 1.807) is 0 Å². The van der Waals surface area contributed by atoms with Gasteiger partial charge in [-0.2, -0.15) is 0 Å². The molecule has 0 atom stereocenters. The SMILES string of the molecule is Nc1ncc(C(F)F)c(CCl)c1I. The van der Waals surface area contributed by atoms with Crippen molar-refractivity contribution in [1.29, 1.82) is 0 Å². The molecule has 0 aliphatic heterocycles. The fraction of sp³-hybridized carbons (Fsp3) is 0.286. The number of hydrogen-bond acceptors (Lipinski definition) is 2. The molecular weight excluding hydrogens is 312 g/mol. The van der Waals surface area contributed by atoms with Crippen LogP contribution in [0.3, 0.4) is 0 Å². The Labute approximate surface area is 92.6 Å². The average molecular weight is 318 g/mol. The van der Waals surface area contributed by atoms with E-state index in [1.165, 1.54) is 0 Å². The number of nitrogens with two attached hydrogens (primary N) is 1. The largest absolute Gasteiger partial charge is 0.383 e. The van der Waals surface area contributed by atoms with Crippen LogP contribution in [-0.4, -0.2) is 4.98 Å². The summed E-state index contributed by atoms with van der Waals surface area (Å²) in [5, 5.41) is 0. The van der Waals surface area contributed by atoms with Crippen LogP contribution in [0.25, 0.3) is 0 Å². The molecule has 72 valence electrons. The van der Waals surface area contributed by atoms with Gasteiger partial charge in [-0.1, -0.05) is 0 Å². The van der Waals surface area contributed by atoms with Crippen LogP contribution in [-0.2, 0) is 5.88 Å². The summed E-state index contributed by atoms with van der Waals surface area (Å²) in [7, 11) is 0. The number of rotatable bonds is 2. The Hall–Kier alpha value is -0.170. The van der Waals surface area contributed by atoms with Gasteiger partial charge in [0, 0.05) is 17.6 Å². The van der Waals surface area contributed by atoms with Gasteiger partial charge in [-0.25, -0.2) is 13.8 Å². The fourth-order valence-corrected chi connectivity index (χ4v) is 2.03. The molecule has 1 aromatic heterocycles. The third kappa shape index (κ3) is 2.19. The second-order valence-electron chi connectivity index (χ2n) is 2.33. The Morgan fingerprint density at radius 3 is 2.69 bits per heavy atom. The minimum absolute atomic E-state index is 0.0185. The van der Waals surface area contributed by atoms with Gasteiger partial charge in [0.15, 0.2) is 0 Å². The summed E-state index contributed by atoms with van der Waals surface area (Å²) in [6, 6.07) is 0. The normalized spacial score (nSPS) is 10.8. The van der Waals surface area contributed by atoms with Crippen LogP contribution in [0.5, 0.6) is 0 Å². The number of pyridine rings is 1. The van der Waals surface area contributed by atoms with Crippen molar-refractivity contribution in [1.82, 2.24) is 4.98 Å². The highest BCUT2D eigenvalue weighted by Crippen LogP contribution is 2.29. The molecular formula is C7H6ClF2IN2. The van der Waals surface area contributed by atoms with Crippen LogP contribution >= 0.6 is 34.2 Å². The molecule has 1 rings (SSSR count). The van der Waals surface area contributed by atoms with E-state index in [0.717, 1.165) is 6.20 Å². The maximum Gasteiger partial charge on any atom is 0.265 e. The molecule has 0 radical (unpaired) electrons. The van der Waals surface area contributed by atoms with Crippen molar-refractivity contribution in [3.63, 3.8) is 0 Å². The van der Waals surface area contributed by atoms with Crippen LogP contribution in [0.2, 0.25) is 0 Å². The third-order valence-electron chi connectivity index (χ3n) is 1.55. The molecule has 0 bridgehead atoms. The maximum atomic E-state index is 12.4. The van der Waals surface area contributed by atoms with Crippen molar-refractivity contribution >= 4 is 40.0 Å². The van der Waals surface area contributed by atoms with Gasteiger partial charge in [-0.3, -0.25) is 0 Å². The van der Waals surface area contributed by atoms with Gasteiger partial charge < -0.3 is 5.73 Å². The molecule has 6 heteroatoms. The van der Waals surface area contributed by atoms with Gasteiger partial charge in [0.1, 0.15) is 5.82 Å². The number of nitrogens with zero attached hydrogens (tertiary/aromatic N) is 1. The van der Waals surface area contributed by atoms with Crippen LogP contribution in [0.15, 0.2) is 6.20 Å². The number of halogens is 4. The predicted molar refractivity (Wildman–Crippen MR) is 55.9 cm³/mol. The summed E-state index contributed by atoms with van der Waals surface area (Å²) in [6.07, 6.45) is -1.49. The third-order valence-corrected chi connectivity index (χ3v) is 3.02. The Morgan fingerprint density at radius 1 is 1.62 bits per heavy atom. The fourth-order valence-electron chi connectivity index (χ4n) is 0.879. The van der Waals surface area contributed by atoms with E-state index in [1.807, 2.05) is 22.6 Å². The first kappa shape index (κ1) is 10.9. The molecule has 0 aliphatic rings. The van der Waals surface area contributed by atoms with Gasteiger partial charge in [-0.15, -0.1) is 11.6 Å². The number of alkyl halides is 3. The van der Waals surface area contributed by atoms with E-state index in [0.29, 0.717) is 9.13 Å². The smallest absolute Gasteiger partial charge is 0.265 e. The predicted octanol–water partition coefficient (Wildman–Crippen LogP) is 2.94. The monoisotopic (exact) mass is 318 g/mol. The lowest BCUT2D eigenvalue weighted by atomic mass is 10.1. The number of nitrogen functional groups attached to an aromatic ring is 1. The first-order valence-corrected chi connectivity index (χ1v) is 4.96. The molecule has 0 saturated heterocycles. The first-order valence-electron chi connectivity index (χ1n) is 3.34. The molecule has 2 nitrogen and oxygen atoms in total. The van der Waals surface area contributed by atoms with Gasteiger partial charge in [-0.05, 0) is 28.2 Å². The summed E-state index contributed by atoms with van der Waals surface area (Å²) >= 11 is 7.39. The summed E-state index contributed by atoms with van der Waals surface area (Å²) < 4.78 is 25.3. The van der Waals surface area contributed by atoms with E-state index in [9.17, 15) is 8.78 Å². The molecule has 0 saturated carbocycles.